The van der Waals surface area contributed by atoms with Crippen LogP contribution in [-0.2, 0) is 27.8 Å². The van der Waals surface area contributed by atoms with Gasteiger partial charge in [0.25, 0.3) is 5.69 Å². The van der Waals surface area contributed by atoms with Crippen molar-refractivity contribution in [2.45, 2.75) is 31.7 Å². The van der Waals surface area contributed by atoms with E-state index >= 15 is 0 Å². The number of sulfonamides is 1. The van der Waals surface area contributed by atoms with Crippen LogP contribution in [0.25, 0.3) is 0 Å². The lowest BCUT2D eigenvalue weighted by atomic mass is 10.00. The Kier molecular flexibility index (Phi) is 6.52. The smallest absolute Gasteiger partial charge is 0.269 e. The largest absolute Gasteiger partial charge is 0.337 e. The molecule has 8 nitrogen and oxygen atoms in total. The van der Waals surface area contributed by atoms with Crippen molar-refractivity contribution in [3.05, 3.63) is 69.8 Å². The molecule has 160 valence electrons. The number of carbonyl (C=O) groups is 1. The van der Waals surface area contributed by atoms with E-state index in [2.05, 4.69) is 0 Å². The Labute approximate surface area is 176 Å². The molecule has 0 bridgehead atoms. The normalized spacial score (nSPS) is 14.1. The number of nitro benzene ring substituents is 1. The maximum Gasteiger partial charge on any atom is 0.269 e. The van der Waals surface area contributed by atoms with Gasteiger partial charge in [-0.1, -0.05) is 38.1 Å². The second kappa shape index (κ2) is 8.93. The van der Waals surface area contributed by atoms with Crippen LogP contribution >= 0.6 is 0 Å². The summed E-state index contributed by atoms with van der Waals surface area (Å²) >= 11 is 0. The van der Waals surface area contributed by atoms with Gasteiger partial charge in [0.15, 0.2) is 0 Å². The van der Waals surface area contributed by atoms with Gasteiger partial charge in [0.1, 0.15) is 0 Å². The summed E-state index contributed by atoms with van der Waals surface area (Å²) in [5.41, 5.74) is 2.09. The van der Waals surface area contributed by atoms with Gasteiger partial charge in [-0.3, -0.25) is 14.9 Å². The first-order valence-corrected chi connectivity index (χ1v) is 11.2. The van der Waals surface area contributed by atoms with E-state index in [1.165, 1.54) is 22.0 Å². The standard InChI is InChI=1S/C21H25N3O5S/c1-16(2)13-23(30(28,29)20-9-7-19(8-10-20)24(26)27)15-21(25)22-12-11-17-5-3-4-6-18(17)14-22/h3-10,16H,11-15H2,1-2H3. The molecule has 2 aromatic carbocycles. The zero-order valence-corrected chi connectivity index (χ0v) is 17.8. The number of hydrogen-bond donors (Lipinski definition) is 0. The Bertz CT molecular complexity index is 1030. The molecule has 0 spiro atoms. The quantitative estimate of drug-likeness (QED) is 0.496. The minimum atomic E-state index is -3.97. The zero-order chi connectivity index (χ0) is 21.9. The predicted octanol–water partition coefficient (Wildman–Crippen LogP) is 2.83. The van der Waals surface area contributed by atoms with Crippen molar-refractivity contribution >= 4 is 21.6 Å². The summed E-state index contributed by atoms with van der Waals surface area (Å²) in [6.45, 7) is 4.67. The fourth-order valence-corrected chi connectivity index (χ4v) is 5.06. The lowest BCUT2D eigenvalue weighted by Crippen LogP contribution is -2.45. The third-order valence-electron chi connectivity index (χ3n) is 5.05. The lowest BCUT2D eigenvalue weighted by Gasteiger charge is -2.31. The van der Waals surface area contributed by atoms with Crippen LogP contribution in [0.5, 0.6) is 0 Å². The van der Waals surface area contributed by atoms with Crippen LogP contribution in [0, 0.1) is 16.0 Å². The number of carbonyl (C=O) groups excluding carboxylic acids is 1. The third kappa shape index (κ3) is 4.85. The summed E-state index contributed by atoms with van der Waals surface area (Å²) in [4.78, 5) is 24.8. The van der Waals surface area contributed by atoms with Crippen molar-refractivity contribution in [3.8, 4) is 0 Å². The summed E-state index contributed by atoms with van der Waals surface area (Å²) in [5, 5.41) is 10.8. The highest BCUT2D eigenvalue weighted by Gasteiger charge is 2.30. The summed E-state index contributed by atoms with van der Waals surface area (Å²) < 4.78 is 27.5. The predicted molar refractivity (Wildman–Crippen MR) is 112 cm³/mol. The van der Waals surface area contributed by atoms with Crippen molar-refractivity contribution < 1.29 is 18.1 Å². The molecule has 1 aliphatic heterocycles. The molecular formula is C21H25N3O5S. The fourth-order valence-electron chi connectivity index (χ4n) is 3.50. The average Bonchev–Trinajstić information content (AvgIpc) is 2.72. The van der Waals surface area contributed by atoms with Gasteiger partial charge in [0, 0.05) is 31.8 Å². The Morgan fingerprint density at radius 3 is 2.37 bits per heavy atom. The number of hydrogen-bond acceptors (Lipinski definition) is 5. The molecule has 3 rings (SSSR count). The molecule has 30 heavy (non-hydrogen) atoms. The van der Waals surface area contributed by atoms with E-state index in [0.717, 1.165) is 24.1 Å². The summed E-state index contributed by atoms with van der Waals surface area (Å²) in [6.07, 6.45) is 0.737. The van der Waals surface area contributed by atoms with Crippen LogP contribution < -0.4 is 0 Å². The van der Waals surface area contributed by atoms with Crippen LogP contribution in [0.1, 0.15) is 25.0 Å². The Hall–Kier alpha value is -2.78. The number of non-ortho nitro benzene ring substituents is 1. The zero-order valence-electron chi connectivity index (χ0n) is 17.0. The lowest BCUT2D eigenvalue weighted by molar-refractivity contribution is -0.384. The maximum absolute atomic E-state index is 13.2. The van der Waals surface area contributed by atoms with E-state index in [9.17, 15) is 23.3 Å². The molecule has 1 heterocycles. The summed E-state index contributed by atoms with van der Waals surface area (Å²) in [6, 6.07) is 12.7. The monoisotopic (exact) mass is 431 g/mol. The number of nitrogens with zero attached hydrogens (tertiary/aromatic N) is 3. The molecule has 0 aromatic heterocycles. The van der Waals surface area contributed by atoms with Crippen LogP contribution in [-0.4, -0.2) is 48.1 Å². The van der Waals surface area contributed by atoms with Gasteiger partial charge >= 0.3 is 0 Å². The first-order valence-electron chi connectivity index (χ1n) is 9.77. The minimum Gasteiger partial charge on any atom is -0.337 e. The van der Waals surface area contributed by atoms with Crippen LogP contribution in [0.2, 0.25) is 0 Å². The molecule has 2 aromatic rings. The van der Waals surface area contributed by atoms with E-state index in [0.29, 0.717) is 13.1 Å². The van der Waals surface area contributed by atoms with E-state index in [1.807, 2.05) is 38.1 Å². The average molecular weight is 432 g/mol. The van der Waals surface area contributed by atoms with Gasteiger partial charge in [0.2, 0.25) is 15.9 Å². The van der Waals surface area contributed by atoms with Gasteiger partial charge in [-0.05, 0) is 35.6 Å². The SMILES string of the molecule is CC(C)CN(CC(=O)N1CCc2ccccc2C1)S(=O)(=O)c1ccc([N+](=O)[O-])cc1. The molecule has 0 atom stereocenters. The van der Waals surface area contributed by atoms with Gasteiger partial charge in [-0.15, -0.1) is 0 Å². The van der Waals surface area contributed by atoms with Gasteiger partial charge < -0.3 is 4.90 Å². The van der Waals surface area contributed by atoms with Gasteiger partial charge in [-0.2, -0.15) is 4.31 Å². The minimum absolute atomic E-state index is 0.00713. The number of benzene rings is 2. The van der Waals surface area contributed by atoms with E-state index in [-0.39, 0.29) is 35.5 Å². The molecule has 0 saturated carbocycles. The molecule has 0 aliphatic carbocycles. The number of rotatable bonds is 7. The Morgan fingerprint density at radius 2 is 1.77 bits per heavy atom. The Balaban J connectivity index is 1.80. The number of nitro groups is 1. The first-order chi connectivity index (χ1) is 14.2. The van der Waals surface area contributed by atoms with Gasteiger partial charge in [0.05, 0.1) is 16.4 Å². The highest BCUT2D eigenvalue weighted by Crippen LogP contribution is 2.22. The highest BCUT2D eigenvalue weighted by molar-refractivity contribution is 7.89. The first kappa shape index (κ1) is 21.9. The van der Waals surface area contributed by atoms with Crippen molar-refractivity contribution in [3.63, 3.8) is 0 Å². The molecular weight excluding hydrogens is 406 g/mol. The van der Waals surface area contributed by atoms with Crippen LogP contribution in [0.3, 0.4) is 0 Å². The summed E-state index contributed by atoms with van der Waals surface area (Å²) in [7, 11) is -3.97. The Morgan fingerprint density at radius 1 is 1.13 bits per heavy atom. The van der Waals surface area contributed by atoms with Crippen molar-refractivity contribution in [1.29, 1.82) is 0 Å². The van der Waals surface area contributed by atoms with E-state index < -0.39 is 14.9 Å². The number of fused-ring (bicyclic) bond motifs is 1. The second-order valence-corrected chi connectivity index (χ2v) is 9.71. The molecule has 0 N–H and O–H groups in total. The molecule has 0 unspecified atom stereocenters. The van der Waals surface area contributed by atoms with Gasteiger partial charge in [-0.25, -0.2) is 8.42 Å². The van der Waals surface area contributed by atoms with E-state index in [1.54, 1.807) is 4.90 Å². The highest BCUT2D eigenvalue weighted by atomic mass is 32.2. The molecule has 0 saturated heterocycles. The molecule has 9 heteroatoms. The fraction of sp³-hybridized carbons (Fsp3) is 0.381. The molecule has 1 aliphatic rings. The van der Waals surface area contributed by atoms with Crippen molar-refractivity contribution in [2.24, 2.45) is 5.92 Å². The maximum atomic E-state index is 13.2. The molecule has 0 radical (unpaired) electrons. The van der Waals surface area contributed by atoms with Crippen molar-refractivity contribution in [2.75, 3.05) is 19.6 Å². The summed E-state index contributed by atoms with van der Waals surface area (Å²) in [5.74, 6) is -0.247. The molecule has 1 amide bonds. The number of amides is 1. The van der Waals surface area contributed by atoms with Crippen molar-refractivity contribution in [1.82, 2.24) is 9.21 Å². The third-order valence-corrected chi connectivity index (χ3v) is 6.87. The topological polar surface area (TPSA) is 101 Å². The van der Waals surface area contributed by atoms with E-state index in [4.69, 9.17) is 0 Å². The molecule has 0 fully saturated rings. The van der Waals surface area contributed by atoms with Crippen LogP contribution in [0.4, 0.5) is 5.69 Å². The second-order valence-electron chi connectivity index (χ2n) is 7.78. The van der Waals surface area contributed by atoms with Crippen LogP contribution in [0.15, 0.2) is 53.4 Å².